The van der Waals surface area contributed by atoms with Gasteiger partial charge in [-0.15, -0.1) is 0 Å². The molecule has 144 valence electrons. The Balaban J connectivity index is 1.76. The molecule has 29 heavy (non-hydrogen) atoms. The first-order valence-corrected chi connectivity index (χ1v) is 10.1. The van der Waals surface area contributed by atoms with Crippen LogP contribution in [0.25, 0.3) is 5.57 Å². The van der Waals surface area contributed by atoms with Crippen molar-refractivity contribution in [3.8, 4) is 0 Å². The summed E-state index contributed by atoms with van der Waals surface area (Å²) in [7, 11) is 0. The number of rotatable bonds is 4. The first-order valence-electron chi connectivity index (χ1n) is 10.1. The highest BCUT2D eigenvalue weighted by molar-refractivity contribution is 6.15. The molecular formula is C26H23NO2. The van der Waals surface area contributed by atoms with Gasteiger partial charge in [-0.3, -0.25) is 4.79 Å². The monoisotopic (exact) mass is 381 g/mol. The van der Waals surface area contributed by atoms with Gasteiger partial charge in [0.05, 0.1) is 6.04 Å². The van der Waals surface area contributed by atoms with Crippen molar-refractivity contribution in [3.63, 3.8) is 0 Å². The lowest BCUT2D eigenvalue weighted by atomic mass is 9.76. The minimum absolute atomic E-state index is 0.0621. The maximum atomic E-state index is 13.8. The lowest BCUT2D eigenvalue weighted by Crippen LogP contribution is -2.55. The first-order chi connectivity index (χ1) is 14.3. The van der Waals surface area contributed by atoms with Crippen molar-refractivity contribution >= 4 is 17.0 Å². The largest absolute Gasteiger partial charge is 0.396 e. The van der Waals surface area contributed by atoms with Crippen molar-refractivity contribution in [1.82, 2.24) is 0 Å². The second-order valence-corrected chi connectivity index (χ2v) is 7.70. The van der Waals surface area contributed by atoms with Gasteiger partial charge in [-0.05, 0) is 35.3 Å². The van der Waals surface area contributed by atoms with Crippen LogP contribution in [0.5, 0.6) is 0 Å². The molecular weight excluding hydrogens is 358 g/mol. The predicted octanol–water partition coefficient (Wildman–Crippen LogP) is 4.82. The zero-order valence-electron chi connectivity index (χ0n) is 16.2. The van der Waals surface area contributed by atoms with E-state index in [0.29, 0.717) is 12.8 Å². The Morgan fingerprint density at radius 3 is 2.28 bits per heavy atom. The maximum absolute atomic E-state index is 13.8. The number of benzene rings is 3. The van der Waals surface area contributed by atoms with Crippen LogP contribution in [0.3, 0.4) is 0 Å². The third-order valence-electron chi connectivity index (χ3n) is 6.24. The molecule has 0 saturated heterocycles. The molecule has 0 aromatic heterocycles. The molecule has 0 aliphatic carbocycles. The van der Waals surface area contributed by atoms with E-state index < -0.39 is 5.54 Å². The van der Waals surface area contributed by atoms with E-state index in [2.05, 4.69) is 23.1 Å². The summed E-state index contributed by atoms with van der Waals surface area (Å²) in [4.78, 5) is 16.1. The van der Waals surface area contributed by atoms with E-state index in [0.717, 1.165) is 22.4 Å². The highest BCUT2D eigenvalue weighted by atomic mass is 16.3. The topological polar surface area (TPSA) is 40.5 Å². The molecule has 0 bridgehead atoms. The summed E-state index contributed by atoms with van der Waals surface area (Å²) in [5, 5.41) is 9.93. The Kier molecular flexibility index (Phi) is 4.33. The molecule has 0 unspecified atom stereocenters. The average molecular weight is 381 g/mol. The van der Waals surface area contributed by atoms with Crippen LogP contribution in [-0.2, 0) is 5.54 Å². The molecule has 3 heteroatoms. The standard InChI is InChI=1S/C26H23NO2/c28-18-16-24-21(19-9-3-1-4-10-19)15-17-26(20-11-5-2-6-12-20)25(29)22-13-7-8-14-23(22)27(24)26/h1-15,24,28H,16-18H2/t24-,26-/m1/s1. The molecule has 2 atom stereocenters. The molecule has 5 rings (SSSR count). The quantitative estimate of drug-likeness (QED) is 0.704. The fourth-order valence-corrected chi connectivity index (χ4v) is 5.02. The van der Waals surface area contributed by atoms with Crippen molar-refractivity contribution < 1.29 is 9.90 Å². The molecule has 1 N–H and O–H groups in total. The Labute approximate surface area is 170 Å². The molecule has 2 aliphatic heterocycles. The van der Waals surface area contributed by atoms with Gasteiger partial charge in [-0.1, -0.05) is 78.9 Å². The van der Waals surface area contributed by atoms with Crippen LogP contribution in [0.1, 0.15) is 34.3 Å². The van der Waals surface area contributed by atoms with E-state index in [1.54, 1.807) is 0 Å². The van der Waals surface area contributed by atoms with Crippen molar-refractivity contribution in [2.24, 2.45) is 0 Å². The van der Waals surface area contributed by atoms with Gasteiger partial charge in [0.25, 0.3) is 0 Å². The number of anilines is 1. The number of ketones is 1. The third-order valence-corrected chi connectivity index (χ3v) is 6.24. The van der Waals surface area contributed by atoms with Gasteiger partial charge >= 0.3 is 0 Å². The predicted molar refractivity (Wildman–Crippen MR) is 116 cm³/mol. The number of hydrogen-bond donors (Lipinski definition) is 1. The van der Waals surface area contributed by atoms with Crippen LogP contribution < -0.4 is 4.90 Å². The van der Waals surface area contributed by atoms with Gasteiger partial charge < -0.3 is 10.0 Å². The maximum Gasteiger partial charge on any atom is 0.195 e. The van der Waals surface area contributed by atoms with Gasteiger partial charge in [0, 0.05) is 24.3 Å². The van der Waals surface area contributed by atoms with Crippen molar-refractivity contribution in [3.05, 3.63) is 108 Å². The van der Waals surface area contributed by atoms with Gasteiger partial charge in [-0.25, -0.2) is 0 Å². The zero-order valence-corrected chi connectivity index (χ0v) is 16.2. The lowest BCUT2D eigenvalue weighted by molar-refractivity contribution is 0.0890. The van der Waals surface area contributed by atoms with Gasteiger partial charge in [0.2, 0.25) is 0 Å². The second kappa shape index (κ2) is 7.02. The van der Waals surface area contributed by atoms with E-state index in [4.69, 9.17) is 0 Å². The van der Waals surface area contributed by atoms with Crippen LogP contribution in [-0.4, -0.2) is 23.5 Å². The average Bonchev–Trinajstić information content (AvgIpc) is 3.05. The van der Waals surface area contributed by atoms with E-state index in [9.17, 15) is 9.90 Å². The minimum Gasteiger partial charge on any atom is -0.396 e. The number of aliphatic hydroxyl groups is 1. The van der Waals surface area contributed by atoms with E-state index in [-0.39, 0.29) is 18.4 Å². The van der Waals surface area contributed by atoms with Gasteiger partial charge in [-0.2, -0.15) is 0 Å². The highest BCUT2D eigenvalue weighted by Crippen LogP contribution is 2.53. The molecule has 0 amide bonds. The molecule has 3 aromatic carbocycles. The molecule has 3 aromatic rings. The van der Waals surface area contributed by atoms with Crippen molar-refractivity contribution in [2.45, 2.75) is 24.4 Å². The highest BCUT2D eigenvalue weighted by Gasteiger charge is 2.56. The summed E-state index contributed by atoms with van der Waals surface area (Å²) in [6, 6.07) is 28.2. The van der Waals surface area contributed by atoms with E-state index in [1.165, 1.54) is 5.57 Å². The first kappa shape index (κ1) is 17.9. The molecule has 2 heterocycles. The summed E-state index contributed by atoms with van der Waals surface area (Å²) in [6.07, 6.45) is 3.39. The normalized spacial score (nSPS) is 22.8. The Morgan fingerprint density at radius 1 is 0.897 bits per heavy atom. The second-order valence-electron chi connectivity index (χ2n) is 7.70. The number of nitrogens with zero attached hydrogens (tertiary/aromatic N) is 1. The lowest BCUT2D eigenvalue weighted by Gasteiger charge is -2.48. The molecule has 0 radical (unpaired) electrons. The Hall–Kier alpha value is -3.17. The number of aliphatic hydroxyl groups excluding tert-OH is 1. The summed E-state index contributed by atoms with van der Waals surface area (Å²) in [5.74, 6) is 0.144. The van der Waals surface area contributed by atoms with Crippen LogP contribution in [0.15, 0.2) is 91.0 Å². The fraction of sp³-hybridized carbons (Fsp3) is 0.192. The number of para-hydroxylation sites is 1. The van der Waals surface area contributed by atoms with Gasteiger partial charge in [0.1, 0.15) is 5.54 Å². The fourth-order valence-electron chi connectivity index (χ4n) is 5.02. The SMILES string of the molecule is O=C1c2ccccc2N2[C@H](CCO)C(c3ccccc3)=CC[C@@]12c1ccccc1. The summed E-state index contributed by atoms with van der Waals surface area (Å²) < 4.78 is 0. The number of Topliss-reactive ketones (excluding diaryl/α,β-unsaturated/α-hetero) is 1. The number of hydrogen-bond acceptors (Lipinski definition) is 3. The van der Waals surface area contributed by atoms with Crippen molar-refractivity contribution in [2.75, 3.05) is 11.5 Å². The van der Waals surface area contributed by atoms with Crippen LogP contribution in [0.4, 0.5) is 5.69 Å². The van der Waals surface area contributed by atoms with Crippen LogP contribution in [0.2, 0.25) is 0 Å². The zero-order chi connectivity index (χ0) is 19.8. The van der Waals surface area contributed by atoms with Crippen LogP contribution in [0, 0.1) is 0 Å². The van der Waals surface area contributed by atoms with E-state index in [1.807, 2.05) is 72.8 Å². The Morgan fingerprint density at radius 2 is 1.55 bits per heavy atom. The number of fused-ring (bicyclic) bond motifs is 3. The summed E-state index contributed by atoms with van der Waals surface area (Å²) in [5.41, 5.74) is 4.29. The summed E-state index contributed by atoms with van der Waals surface area (Å²) in [6.45, 7) is 0.0621. The molecule has 2 aliphatic rings. The third kappa shape index (κ3) is 2.58. The van der Waals surface area contributed by atoms with Gasteiger partial charge in [0.15, 0.2) is 5.78 Å². The smallest absolute Gasteiger partial charge is 0.195 e. The van der Waals surface area contributed by atoms with Crippen LogP contribution >= 0.6 is 0 Å². The summed E-state index contributed by atoms with van der Waals surface area (Å²) >= 11 is 0. The number of carbonyl (C=O) groups excluding carboxylic acids is 1. The number of carbonyl (C=O) groups is 1. The molecule has 3 nitrogen and oxygen atoms in total. The molecule has 0 spiro atoms. The molecule has 0 saturated carbocycles. The minimum atomic E-state index is -0.761. The Bertz CT molecular complexity index is 1070. The molecule has 0 fully saturated rings. The van der Waals surface area contributed by atoms with Crippen molar-refractivity contribution in [1.29, 1.82) is 0 Å². The van der Waals surface area contributed by atoms with E-state index >= 15 is 0 Å².